The van der Waals surface area contributed by atoms with Gasteiger partial charge in [-0.25, -0.2) is 0 Å². The van der Waals surface area contributed by atoms with Crippen molar-refractivity contribution in [1.29, 1.82) is 0 Å². The maximum absolute atomic E-state index is 6.05. The van der Waals surface area contributed by atoms with Crippen molar-refractivity contribution in [2.75, 3.05) is 0 Å². The molecule has 0 amide bonds. The Labute approximate surface area is 227 Å². The molecular formula is C36H21NOS. The van der Waals surface area contributed by atoms with Crippen LogP contribution in [0.4, 0.5) is 0 Å². The molecule has 182 valence electrons. The summed E-state index contributed by atoms with van der Waals surface area (Å²) in [7, 11) is 0. The van der Waals surface area contributed by atoms with Crippen LogP contribution >= 0.6 is 11.3 Å². The lowest BCUT2D eigenvalue weighted by molar-refractivity contribution is 0.669. The third kappa shape index (κ3) is 3.02. The second kappa shape index (κ2) is 7.83. The van der Waals surface area contributed by atoms with E-state index in [1.807, 2.05) is 23.5 Å². The van der Waals surface area contributed by atoms with E-state index in [4.69, 9.17) is 4.42 Å². The van der Waals surface area contributed by atoms with Gasteiger partial charge >= 0.3 is 0 Å². The second-order valence-electron chi connectivity index (χ2n) is 10.2. The zero-order chi connectivity index (χ0) is 25.5. The maximum atomic E-state index is 6.05. The molecule has 3 aromatic heterocycles. The maximum Gasteiger partial charge on any atom is 0.135 e. The van der Waals surface area contributed by atoms with Crippen LogP contribution in [-0.4, -0.2) is 4.57 Å². The van der Waals surface area contributed by atoms with Crippen molar-refractivity contribution in [3.63, 3.8) is 0 Å². The minimum Gasteiger partial charge on any atom is -0.456 e. The van der Waals surface area contributed by atoms with E-state index in [9.17, 15) is 0 Å². The molecular weight excluding hydrogens is 494 g/mol. The van der Waals surface area contributed by atoms with Crippen molar-refractivity contribution in [3.8, 4) is 16.8 Å². The van der Waals surface area contributed by atoms with Gasteiger partial charge in [0.25, 0.3) is 0 Å². The summed E-state index contributed by atoms with van der Waals surface area (Å²) in [6.45, 7) is 0. The number of hydrogen-bond donors (Lipinski definition) is 0. The van der Waals surface area contributed by atoms with E-state index in [1.165, 1.54) is 58.8 Å². The third-order valence-corrected chi connectivity index (χ3v) is 9.14. The summed E-state index contributed by atoms with van der Waals surface area (Å²) in [5.41, 5.74) is 7.97. The Bertz CT molecular complexity index is 2350. The first-order valence-corrected chi connectivity index (χ1v) is 14.0. The molecule has 0 atom stereocenters. The van der Waals surface area contributed by atoms with E-state index in [-0.39, 0.29) is 0 Å². The summed E-state index contributed by atoms with van der Waals surface area (Å²) in [6.07, 6.45) is 0. The topological polar surface area (TPSA) is 18.1 Å². The highest BCUT2D eigenvalue weighted by molar-refractivity contribution is 7.25. The van der Waals surface area contributed by atoms with Crippen molar-refractivity contribution in [3.05, 3.63) is 127 Å². The average Bonchev–Trinajstić information content (AvgIpc) is 3.65. The fourth-order valence-electron chi connectivity index (χ4n) is 6.19. The first-order valence-electron chi connectivity index (χ1n) is 13.2. The Morgan fingerprint density at radius 1 is 0.436 bits per heavy atom. The number of thiophene rings is 1. The summed E-state index contributed by atoms with van der Waals surface area (Å²) >= 11 is 1.86. The van der Waals surface area contributed by atoms with Gasteiger partial charge in [0.2, 0.25) is 0 Å². The number of aromatic nitrogens is 1. The molecule has 0 N–H and O–H groups in total. The van der Waals surface area contributed by atoms with Gasteiger partial charge in [0.15, 0.2) is 0 Å². The van der Waals surface area contributed by atoms with Crippen molar-refractivity contribution in [2.45, 2.75) is 0 Å². The van der Waals surface area contributed by atoms with E-state index >= 15 is 0 Å². The van der Waals surface area contributed by atoms with Crippen LogP contribution in [0.3, 0.4) is 0 Å². The predicted octanol–water partition coefficient (Wildman–Crippen LogP) is 10.7. The first-order chi connectivity index (χ1) is 19.3. The van der Waals surface area contributed by atoms with Crippen molar-refractivity contribution >= 4 is 75.3 Å². The average molecular weight is 516 g/mol. The van der Waals surface area contributed by atoms with Gasteiger partial charge < -0.3 is 8.98 Å². The van der Waals surface area contributed by atoms with Gasteiger partial charge in [0.05, 0.1) is 11.0 Å². The molecule has 0 bridgehead atoms. The third-order valence-electron chi connectivity index (χ3n) is 8.00. The van der Waals surface area contributed by atoms with Gasteiger partial charge in [-0.1, -0.05) is 72.8 Å². The van der Waals surface area contributed by atoms with E-state index < -0.39 is 0 Å². The van der Waals surface area contributed by atoms with Crippen LogP contribution in [0, 0.1) is 0 Å². The lowest BCUT2D eigenvalue weighted by Gasteiger charge is -2.08. The number of benzene rings is 6. The molecule has 0 saturated heterocycles. The van der Waals surface area contributed by atoms with Gasteiger partial charge in [0, 0.05) is 47.4 Å². The van der Waals surface area contributed by atoms with Gasteiger partial charge in [-0.3, -0.25) is 0 Å². The first kappa shape index (κ1) is 21.1. The molecule has 3 heteroatoms. The van der Waals surface area contributed by atoms with E-state index in [0.29, 0.717) is 0 Å². The summed E-state index contributed by atoms with van der Waals surface area (Å²) in [6, 6.07) is 45.9. The summed E-state index contributed by atoms with van der Waals surface area (Å²) < 4.78 is 11.1. The van der Waals surface area contributed by atoms with Gasteiger partial charge in [0.1, 0.15) is 11.2 Å². The zero-order valence-electron chi connectivity index (χ0n) is 20.9. The normalized spacial score (nSPS) is 12.1. The zero-order valence-corrected chi connectivity index (χ0v) is 21.7. The van der Waals surface area contributed by atoms with Gasteiger partial charge in [-0.2, -0.15) is 0 Å². The van der Waals surface area contributed by atoms with Crippen molar-refractivity contribution < 1.29 is 4.42 Å². The molecule has 3 heterocycles. The Morgan fingerprint density at radius 2 is 1.10 bits per heavy atom. The minimum atomic E-state index is 0.931. The summed E-state index contributed by atoms with van der Waals surface area (Å²) in [4.78, 5) is 0. The molecule has 9 rings (SSSR count). The molecule has 0 aliphatic rings. The lowest BCUT2D eigenvalue weighted by atomic mass is 10.0. The molecule has 39 heavy (non-hydrogen) atoms. The van der Waals surface area contributed by atoms with Crippen LogP contribution in [0.15, 0.2) is 132 Å². The Kier molecular flexibility index (Phi) is 4.24. The quantitative estimate of drug-likeness (QED) is 0.224. The molecule has 0 aliphatic heterocycles. The highest BCUT2D eigenvalue weighted by atomic mass is 32.1. The molecule has 0 unspecified atom stereocenters. The monoisotopic (exact) mass is 515 g/mol. The molecule has 0 spiro atoms. The minimum absolute atomic E-state index is 0.931. The van der Waals surface area contributed by atoms with Crippen molar-refractivity contribution in [1.82, 2.24) is 4.57 Å². The SMILES string of the molecule is c1ccc2c(c1)oc1ccc(-c3ccc4c(c3)sc3ccc(-n5c6ccccc6c6ccccc65)cc34)cc12. The number of rotatable bonds is 2. The van der Waals surface area contributed by atoms with Gasteiger partial charge in [-0.05, 0) is 65.7 Å². The number of para-hydroxylation sites is 3. The summed E-state index contributed by atoms with van der Waals surface area (Å²) in [5, 5.41) is 7.50. The fourth-order valence-corrected chi connectivity index (χ4v) is 7.32. The lowest BCUT2D eigenvalue weighted by Crippen LogP contribution is -1.93. The Balaban J connectivity index is 1.22. The Hall–Kier alpha value is -4.86. The molecule has 2 nitrogen and oxygen atoms in total. The smallest absolute Gasteiger partial charge is 0.135 e. The van der Waals surface area contributed by atoms with Crippen LogP contribution in [0.5, 0.6) is 0 Å². The number of furan rings is 1. The summed E-state index contributed by atoms with van der Waals surface area (Å²) in [5.74, 6) is 0. The number of nitrogens with zero attached hydrogens (tertiary/aromatic N) is 1. The molecule has 0 fully saturated rings. The molecule has 0 aliphatic carbocycles. The van der Waals surface area contributed by atoms with Crippen LogP contribution in [-0.2, 0) is 0 Å². The predicted molar refractivity (Wildman–Crippen MR) is 166 cm³/mol. The largest absolute Gasteiger partial charge is 0.456 e. The van der Waals surface area contributed by atoms with Crippen LogP contribution in [0.1, 0.15) is 0 Å². The number of fused-ring (bicyclic) bond motifs is 9. The van der Waals surface area contributed by atoms with Crippen molar-refractivity contribution in [2.24, 2.45) is 0 Å². The Morgan fingerprint density at radius 3 is 1.92 bits per heavy atom. The van der Waals surface area contributed by atoms with Gasteiger partial charge in [-0.15, -0.1) is 11.3 Å². The highest BCUT2D eigenvalue weighted by Crippen LogP contribution is 2.40. The molecule has 6 aromatic carbocycles. The fraction of sp³-hybridized carbons (Fsp3) is 0. The molecule has 9 aromatic rings. The van der Waals surface area contributed by atoms with E-state index in [1.54, 1.807) is 0 Å². The number of hydrogen-bond acceptors (Lipinski definition) is 2. The van der Waals surface area contributed by atoms with E-state index in [0.717, 1.165) is 21.9 Å². The van der Waals surface area contributed by atoms with Crippen LogP contribution < -0.4 is 0 Å². The van der Waals surface area contributed by atoms with Crippen LogP contribution in [0.2, 0.25) is 0 Å². The van der Waals surface area contributed by atoms with Crippen LogP contribution in [0.25, 0.3) is 80.7 Å². The molecule has 0 saturated carbocycles. The highest BCUT2D eigenvalue weighted by Gasteiger charge is 2.14. The van der Waals surface area contributed by atoms with E-state index in [2.05, 4.69) is 120 Å². The second-order valence-corrected chi connectivity index (χ2v) is 11.3. The molecule has 0 radical (unpaired) electrons. The standard InChI is InChI=1S/C36H21NOS/c1-4-10-31-25(7-1)26-8-2-5-11-32(26)37(31)24-15-18-35-30(21-24)28-16-13-23(20-36(28)39-35)22-14-17-34-29(19-22)27-9-3-6-12-33(27)38-34/h1-21H.